The Bertz CT molecular complexity index is 1110. The maximum Gasteiger partial charge on any atom is 0.254 e. The van der Waals surface area contributed by atoms with Crippen molar-refractivity contribution >= 4 is 35.0 Å². The summed E-state index contributed by atoms with van der Waals surface area (Å²) in [5, 5.41) is 6.03. The molecule has 0 atom stereocenters. The zero-order valence-corrected chi connectivity index (χ0v) is 18.2. The Kier molecular flexibility index (Phi) is 7.61. The van der Waals surface area contributed by atoms with Crippen molar-refractivity contribution in [3.8, 4) is 0 Å². The zero-order chi connectivity index (χ0) is 22.2. The van der Waals surface area contributed by atoms with Crippen molar-refractivity contribution in [1.29, 1.82) is 0 Å². The molecule has 0 unspecified atom stereocenters. The SMILES string of the molecule is CC(=O)Nc1ccc(NC(=O)CCc2c(C)nc(SCc3ccccc3)[nH]c2=O)cc1. The molecule has 2 aromatic carbocycles. The predicted octanol–water partition coefficient (Wildman–Crippen LogP) is 3.90. The number of aryl methyl sites for hydroxylation is 1. The summed E-state index contributed by atoms with van der Waals surface area (Å²) in [6, 6.07) is 16.8. The van der Waals surface area contributed by atoms with Gasteiger partial charge in [0.05, 0.1) is 0 Å². The number of aromatic nitrogens is 2. The smallest absolute Gasteiger partial charge is 0.254 e. The summed E-state index contributed by atoms with van der Waals surface area (Å²) in [7, 11) is 0. The second-order valence-corrected chi connectivity index (χ2v) is 7.98. The topological polar surface area (TPSA) is 104 Å². The molecule has 3 rings (SSSR count). The number of nitrogens with zero attached hydrogens (tertiary/aromatic N) is 1. The molecule has 0 saturated heterocycles. The number of thioether (sulfide) groups is 1. The van der Waals surface area contributed by atoms with Crippen molar-refractivity contribution in [3.63, 3.8) is 0 Å². The summed E-state index contributed by atoms with van der Waals surface area (Å²) in [4.78, 5) is 43.1. The number of aromatic amines is 1. The highest BCUT2D eigenvalue weighted by Crippen LogP contribution is 2.19. The molecule has 0 fully saturated rings. The molecule has 2 amide bonds. The minimum atomic E-state index is -0.212. The molecule has 0 aliphatic carbocycles. The van der Waals surface area contributed by atoms with Gasteiger partial charge < -0.3 is 15.6 Å². The van der Waals surface area contributed by atoms with Crippen molar-refractivity contribution in [1.82, 2.24) is 9.97 Å². The standard InChI is InChI=1S/C23H24N4O3S/c1-15-20(22(30)27-23(24-15)31-14-17-6-4-3-5-7-17)12-13-21(29)26-19-10-8-18(9-11-19)25-16(2)28/h3-11H,12-14H2,1-2H3,(H,25,28)(H,26,29)(H,24,27,30). The summed E-state index contributed by atoms with van der Waals surface area (Å²) < 4.78 is 0. The van der Waals surface area contributed by atoms with E-state index in [-0.39, 0.29) is 23.8 Å². The highest BCUT2D eigenvalue weighted by molar-refractivity contribution is 7.98. The van der Waals surface area contributed by atoms with Crippen molar-refractivity contribution in [2.24, 2.45) is 0 Å². The van der Waals surface area contributed by atoms with Crippen LogP contribution in [0.2, 0.25) is 0 Å². The van der Waals surface area contributed by atoms with Crippen LogP contribution in [-0.2, 0) is 21.8 Å². The van der Waals surface area contributed by atoms with Crippen molar-refractivity contribution in [3.05, 3.63) is 81.8 Å². The van der Waals surface area contributed by atoms with Gasteiger partial charge in [0.1, 0.15) is 0 Å². The number of nitrogens with one attached hydrogen (secondary N) is 3. The van der Waals surface area contributed by atoms with Crippen LogP contribution in [0.4, 0.5) is 11.4 Å². The fourth-order valence-electron chi connectivity index (χ4n) is 2.98. The van der Waals surface area contributed by atoms with Crippen molar-refractivity contribution in [2.45, 2.75) is 37.6 Å². The Balaban J connectivity index is 1.55. The van der Waals surface area contributed by atoms with Crippen LogP contribution >= 0.6 is 11.8 Å². The lowest BCUT2D eigenvalue weighted by atomic mass is 10.1. The minimum Gasteiger partial charge on any atom is -0.326 e. The van der Waals surface area contributed by atoms with Gasteiger partial charge in [0.15, 0.2) is 5.16 Å². The van der Waals surface area contributed by atoms with Crippen molar-refractivity contribution in [2.75, 3.05) is 10.6 Å². The third kappa shape index (κ3) is 6.82. The maximum atomic E-state index is 12.5. The number of anilines is 2. The molecule has 3 N–H and O–H groups in total. The first-order chi connectivity index (χ1) is 14.9. The van der Waals surface area contributed by atoms with Gasteiger partial charge >= 0.3 is 0 Å². The van der Waals surface area contributed by atoms with Crippen LogP contribution in [0, 0.1) is 6.92 Å². The Morgan fingerprint density at radius 3 is 2.26 bits per heavy atom. The summed E-state index contributed by atoms with van der Waals surface area (Å²) in [6.07, 6.45) is 0.461. The van der Waals surface area contributed by atoms with Gasteiger partial charge in [-0.25, -0.2) is 4.98 Å². The van der Waals surface area contributed by atoms with E-state index in [4.69, 9.17) is 0 Å². The van der Waals surface area contributed by atoms with Crippen LogP contribution in [0.1, 0.15) is 30.2 Å². The van der Waals surface area contributed by atoms with Gasteiger partial charge in [-0.15, -0.1) is 0 Å². The van der Waals surface area contributed by atoms with Gasteiger partial charge in [-0.1, -0.05) is 42.1 Å². The van der Waals surface area contributed by atoms with Gasteiger partial charge in [-0.3, -0.25) is 14.4 Å². The predicted molar refractivity (Wildman–Crippen MR) is 123 cm³/mol. The average molecular weight is 437 g/mol. The normalized spacial score (nSPS) is 10.5. The molecule has 7 nitrogen and oxygen atoms in total. The fourth-order valence-corrected chi connectivity index (χ4v) is 3.84. The number of carbonyl (C=O) groups excluding carboxylic acids is 2. The zero-order valence-electron chi connectivity index (χ0n) is 17.4. The molecule has 8 heteroatoms. The van der Waals surface area contributed by atoms with E-state index >= 15 is 0 Å². The van der Waals surface area contributed by atoms with E-state index in [2.05, 4.69) is 20.6 Å². The highest BCUT2D eigenvalue weighted by atomic mass is 32.2. The molecule has 0 saturated carbocycles. The number of H-pyrrole nitrogens is 1. The Morgan fingerprint density at radius 1 is 1.00 bits per heavy atom. The first-order valence-corrected chi connectivity index (χ1v) is 10.8. The number of carbonyl (C=O) groups is 2. The van der Waals surface area contributed by atoms with Crippen LogP contribution in [-0.4, -0.2) is 21.8 Å². The summed E-state index contributed by atoms with van der Waals surface area (Å²) in [5.74, 6) is 0.357. The van der Waals surface area contributed by atoms with E-state index < -0.39 is 0 Å². The number of benzene rings is 2. The molecular formula is C23H24N4O3S. The number of hydrogen-bond acceptors (Lipinski definition) is 5. The van der Waals surface area contributed by atoms with E-state index in [1.54, 1.807) is 31.2 Å². The van der Waals surface area contributed by atoms with Gasteiger partial charge in [0, 0.05) is 41.7 Å². The molecule has 0 aliphatic rings. The van der Waals surface area contributed by atoms with E-state index in [1.165, 1.54) is 18.7 Å². The molecule has 160 valence electrons. The third-order valence-corrected chi connectivity index (χ3v) is 5.45. The van der Waals surface area contributed by atoms with E-state index in [1.807, 2.05) is 30.3 Å². The fraction of sp³-hybridized carbons (Fsp3) is 0.217. The van der Waals surface area contributed by atoms with Crippen LogP contribution in [0.25, 0.3) is 0 Å². The second-order valence-electron chi connectivity index (χ2n) is 7.02. The van der Waals surface area contributed by atoms with Crippen LogP contribution in [0.15, 0.2) is 64.5 Å². The minimum absolute atomic E-state index is 0.157. The van der Waals surface area contributed by atoms with Gasteiger partial charge in [0.25, 0.3) is 5.56 Å². The first kappa shape index (κ1) is 22.3. The summed E-state index contributed by atoms with van der Waals surface area (Å²) in [5.41, 5.74) is 3.36. The molecule has 0 radical (unpaired) electrons. The lowest BCUT2D eigenvalue weighted by Crippen LogP contribution is -2.20. The first-order valence-electron chi connectivity index (χ1n) is 9.85. The third-order valence-electron chi connectivity index (χ3n) is 4.51. The molecule has 3 aromatic rings. The van der Waals surface area contributed by atoms with Crippen molar-refractivity contribution < 1.29 is 9.59 Å². The number of hydrogen-bond donors (Lipinski definition) is 3. The molecule has 1 aromatic heterocycles. The molecule has 0 bridgehead atoms. The molecule has 0 spiro atoms. The molecule has 31 heavy (non-hydrogen) atoms. The Hall–Kier alpha value is -3.39. The van der Waals surface area contributed by atoms with Crippen LogP contribution < -0.4 is 16.2 Å². The van der Waals surface area contributed by atoms with Crippen LogP contribution in [0.3, 0.4) is 0 Å². The van der Waals surface area contributed by atoms with Gasteiger partial charge in [-0.05, 0) is 43.2 Å². The lowest BCUT2D eigenvalue weighted by molar-refractivity contribution is -0.116. The monoisotopic (exact) mass is 436 g/mol. The van der Waals surface area contributed by atoms with Gasteiger partial charge in [-0.2, -0.15) is 0 Å². The van der Waals surface area contributed by atoms with Gasteiger partial charge in [0.2, 0.25) is 11.8 Å². The van der Waals surface area contributed by atoms with Crippen LogP contribution in [0.5, 0.6) is 0 Å². The Labute approximate surface area is 184 Å². The molecule has 0 aliphatic heterocycles. The largest absolute Gasteiger partial charge is 0.326 e. The van der Waals surface area contributed by atoms with E-state index in [9.17, 15) is 14.4 Å². The number of rotatable bonds is 8. The average Bonchev–Trinajstić information content (AvgIpc) is 2.73. The maximum absolute atomic E-state index is 12.5. The van der Waals surface area contributed by atoms with E-state index in [0.717, 1.165) is 5.56 Å². The Morgan fingerprint density at radius 2 is 1.65 bits per heavy atom. The van der Waals surface area contributed by atoms with E-state index in [0.29, 0.717) is 40.0 Å². The molecular weight excluding hydrogens is 412 g/mol. The number of amides is 2. The summed E-state index contributed by atoms with van der Waals surface area (Å²) >= 11 is 1.47. The quantitative estimate of drug-likeness (QED) is 0.367. The second kappa shape index (κ2) is 10.6. The highest BCUT2D eigenvalue weighted by Gasteiger charge is 2.11. The molecule has 1 heterocycles. The summed E-state index contributed by atoms with van der Waals surface area (Å²) in [6.45, 7) is 3.22. The lowest BCUT2D eigenvalue weighted by Gasteiger charge is -2.09.